The quantitative estimate of drug-likeness (QED) is 0.854. The van der Waals surface area contributed by atoms with Crippen LogP contribution < -0.4 is 5.32 Å². The topological polar surface area (TPSA) is 32.3 Å². The van der Waals surface area contributed by atoms with E-state index in [1.807, 2.05) is 44.2 Å². The van der Waals surface area contributed by atoms with E-state index in [9.17, 15) is 13.2 Å². The Hall–Kier alpha value is -1.07. The van der Waals surface area contributed by atoms with Crippen LogP contribution in [0.5, 0.6) is 0 Å². The summed E-state index contributed by atoms with van der Waals surface area (Å²) in [5.74, 6) is 0.132. The lowest BCUT2D eigenvalue weighted by Gasteiger charge is -2.25. The Morgan fingerprint density at radius 1 is 1.17 bits per heavy atom. The van der Waals surface area contributed by atoms with Crippen molar-refractivity contribution in [2.24, 2.45) is 5.92 Å². The molecule has 0 aliphatic rings. The molecule has 0 amide bonds. The van der Waals surface area contributed by atoms with Crippen molar-refractivity contribution in [1.82, 2.24) is 5.32 Å². The smallest absolute Gasteiger partial charge is 0.382 e. The molecule has 0 heterocycles. The van der Waals surface area contributed by atoms with Gasteiger partial charge in [0.15, 0.2) is 6.10 Å². The average Bonchev–Trinajstić information content (AvgIpc) is 2.28. The molecule has 0 radical (unpaired) electrons. The molecule has 1 aromatic carbocycles. The summed E-state index contributed by atoms with van der Waals surface area (Å²) in [5, 5.41) is 11.7. The first kappa shape index (κ1) is 15.0. The van der Waals surface area contributed by atoms with Crippen LogP contribution in [0.25, 0.3) is 0 Å². The van der Waals surface area contributed by atoms with Gasteiger partial charge in [0.05, 0.1) is 0 Å². The highest BCUT2D eigenvalue weighted by Gasteiger charge is 2.38. The first-order valence-corrected chi connectivity index (χ1v) is 5.85. The maximum atomic E-state index is 12.2. The molecule has 0 aliphatic carbocycles. The molecule has 2 atom stereocenters. The Kier molecular flexibility index (Phi) is 5.16. The Morgan fingerprint density at radius 2 is 1.72 bits per heavy atom. The molecule has 1 rings (SSSR count). The van der Waals surface area contributed by atoms with Gasteiger partial charge in [-0.15, -0.1) is 0 Å². The van der Waals surface area contributed by atoms with Crippen LogP contribution in [0.2, 0.25) is 0 Å². The average molecular weight is 261 g/mol. The van der Waals surface area contributed by atoms with Gasteiger partial charge in [0, 0.05) is 12.6 Å². The summed E-state index contributed by atoms with van der Waals surface area (Å²) < 4.78 is 36.6. The number of alkyl halides is 3. The van der Waals surface area contributed by atoms with Gasteiger partial charge in [-0.2, -0.15) is 13.2 Å². The number of rotatable bonds is 5. The maximum absolute atomic E-state index is 12.2. The molecular formula is C13H18F3NO. The van der Waals surface area contributed by atoms with Crippen LogP contribution in [0.15, 0.2) is 30.3 Å². The molecule has 2 nitrogen and oxygen atoms in total. The van der Waals surface area contributed by atoms with Crippen molar-refractivity contribution >= 4 is 0 Å². The van der Waals surface area contributed by atoms with Crippen LogP contribution >= 0.6 is 0 Å². The summed E-state index contributed by atoms with van der Waals surface area (Å²) in [5.41, 5.74) is 0.918. The molecule has 0 saturated carbocycles. The fraction of sp³-hybridized carbons (Fsp3) is 0.538. The van der Waals surface area contributed by atoms with E-state index in [2.05, 4.69) is 5.32 Å². The molecule has 0 aliphatic heterocycles. The van der Waals surface area contributed by atoms with E-state index in [-0.39, 0.29) is 12.0 Å². The Morgan fingerprint density at radius 3 is 2.17 bits per heavy atom. The maximum Gasteiger partial charge on any atom is 0.415 e. The lowest BCUT2D eigenvalue weighted by molar-refractivity contribution is -0.202. The van der Waals surface area contributed by atoms with Gasteiger partial charge >= 0.3 is 6.18 Å². The fourth-order valence-corrected chi connectivity index (χ4v) is 1.75. The molecule has 0 aromatic heterocycles. The lowest BCUT2D eigenvalue weighted by atomic mass is 9.96. The predicted molar refractivity (Wildman–Crippen MR) is 64.1 cm³/mol. The van der Waals surface area contributed by atoms with Crippen molar-refractivity contribution in [2.45, 2.75) is 32.2 Å². The van der Waals surface area contributed by atoms with Crippen molar-refractivity contribution in [3.05, 3.63) is 35.9 Å². The van der Waals surface area contributed by atoms with Gasteiger partial charge < -0.3 is 10.4 Å². The highest BCUT2D eigenvalue weighted by atomic mass is 19.4. The van der Waals surface area contributed by atoms with Crippen LogP contribution in [-0.4, -0.2) is 23.9 Å². The third-order valence-electron chi connectivity index (χ3n) is 2.73. The Bertz CT molecular complexity index is 351. The van der Waals surface area contributed by atoms with Gasteiger partial charge in [-0.1, -0.05) is 44.2 Å². The summed E-state index contributed by atoms with van der Waals surface area (Å²) in [6.45, 7) is 3.34. The van der Waals surface area contributed by atoms with Gasteiger partial charge in [0.2, 0.25) is 0 Å². The SMILES string of the molecule is CC(C)C(NCC(O)C(F)(F)F)c1ccccc1. The zero-order chi connectivity index (χ0) is 13.8. The first-order valence-electron chi connectivity index (χ1n) is 5.85. The molecule has 18 heavy (non-hydrogen) atoms. The van der Waals surface area contributed by atoms with Gasteiger partial charge in [0.1, 0.15) is 0 Å². The van der Waals surface area contributed by atoms with E-state index in [1.54, 1.807) is 0 Å². The molecule has 2 N–H and O–H groups in total. The highest BCUT2D eigenvalue weighted by molar-refractivity contribution is 5.19. The fourth-order valence-electron chi connectivity index (χ4n) is 1.75. The van der Waals surface area contributed by atoms with Crippen molar-refractivity contribution in [3.8, 4) is 0 Å². The molecule has 102 valence electrons. The molecular weight excluding hydrogens is 243 g/mol. The highest BCUT2D eigenvalue weighted by Crippen LogP contribution is 2.23. The molecule has 2 unspecified atom stereocenters. The number of aliphatic hydroxyl groups is 1. The van der Waals surface area contributed by atoms with E-state index in [0.29, 0.717) is 0 Å². The number of hydrogen-bond acceptors (Lipinski definition) is 2. The summed E-state index contributed by atoms with van der Waals surface area (Å²) in [4.78, 5) is 0. The van der Waals surface area contributed by atoms with Crippen molar-refractivity contribution in [3.63, 3.8) is 0 Å². The lowest BCUT2D eigenvalue weighted by Crippen LogP contribution is -2.40. The van der Waals surface area contributed by atoms with Crippen LogP contribution in [0.4, 0.5) is 13.2 Å². The number of halogens is 3. The molecule has 0 spiro atoms. The first-order chi connectivity index (χ1) is 8.32. The second-order valence-corrected chi connectivity index (χ2v) is 4.60. The predicted octanol–water partition coefficient (Wildman–Crippen LogP) is 2.90. The second-order valence-electron chi connectivity index (χ2n) is 4.60. The monoisotopic (exact) mass is 261 g/mol. The van der Waals surface area contributed by atoms with Crippen molar-refractivity contribution < 1.29 is 18.3 Å². The second kappa shape index (κ2) is 6.20. The van der Waals surface area contributed by atoms with Crippen LogP contribution in [-0.2, 0) is 0 Å². The zero-order valence-corrected chi connectivity index (χ0v) is 10.4. The van der Waals surface area contributed by atoms with E-state index >= 15 is 0 Å². The largest absolute Gasteiger partial charge is 0.415 e. The van der Waals surface area contributed by atoms with Gasteiger partial charge in [-0.05, 0) is 11.5 Å². The standard InChI is InChI=1S/C13H18F3NO/c1-9(2)12(10-6-4-3-5-7-10)17-8-11(18)13(14,15)16/h3-7,9,11-12,17-18H,8H2,1-2H3. The summed E-state index contributed by atoms with van der Waals surface area (Å²) >= 11 is 0. The third kappa shape index (κ3) is 4.31. The molecule has 0 saturated heterocycles. The van der Waals surface area contributed by atoms with Gasteiger partial charge in [0.25, 0.3) is 0 Å². The summed E-state index contributed by atoms with van der Waals surface area (Å²) in [7, 11) is 0. The molecule has 0 bridgehead atoms. The van der Waals surface area contributed by atoms with E-state index in [0.717, 1.165) is 5.56 Å². The van der Waals surface area contributed by atoms with Crippen LogP contribution in [0, 0.1) is 5.92 Å². The number of aliphatic hydroxyl groups excluding tert-OH is 1. The minimum atomic E-state index is -4.58. The van der Waals surface area contributed by atoms with E-state index < -0.39 is 18.8 Å². The van der Waals surface area contributed by atoms with Crippen molar-refractivity contribution in [2.75, 3.05) is 6.54 Å². The Labute approximate surface area is 105 Å². The minimum absolute atomic E-state index is 0.132. The third-order valence-corrected chi connectivity index (χ3v) is 2.73. The van der Waals surface area contributed by atoms with E-state index in [4.69, 9.17) is 5.11 Å². The van der Waals surface area contributed by atoms with E-state index in [1.165, 1.54) is 0 Å². The van der Waals surface area contributed by atoms with Crippen LogP contribution in [0.1, 0.15) is 25.5 Å². The molecule has 1 aromatic rings. The normalized spacial score (nSPS) is 15.7. The molecule has 5 heteroatoms. The number of nitrogens with one attached hydrogen (secondary N) is 1. The summed E-state index contributed by atoms with van der Waals surface area (Å²) in [6.07, 6.45) is -6.91. The minimum Gasteiger partial charge on any atom is -0.382 e. The van der Waals surface area contributed by atoms with Crippen LogP contribution in [0.3, 0.4) is 0 Å². The van der Waals surface area contributed by atoms with Gasteiger partial charge in [-0.25, -0.2) is 0 Å². The number of hydrogen-bond donors (Lipinski definition) is 2. The summed E-state index contributed by atoms with van der Waals surface area (Å²) in [6, 6.07) is 9.04. The Balaban J connectivity index is 2.66. The number of benzene rings is 1. The van der Waals surface area contributed by atoms with Gasteiger partial charge in [-0.3, -0.25) is 0 Å². The molecule has 0 fully saturated rings. The van der Waals surface area contributed by atoms with Crippen molar-refractivity contribution in [1.29, 1.82) is 0 Å². The zero-order valence-electron chi connectivity index (χ0n) is 10.4.